The molecule has 0 heterocycles. The summed E-state index contributed by atoms with van der Waals surface area (Å²) in [6, 6.07) is 23.6. The van der Waals surface area contributed by atoms with E-state index >= 15 is 0 Å². The van der Waals surface area contributed by atoms with Crippen LogP contribution >= 0.6 is 0 Å². The van der Waals surface area contributed by atoms with Crippen LogP contribution in [0.15, 0.2) is 78.9 Å². The van der Waals surface area contributed by atoms with Crippen molar-refractivity contribution in [3.05, 3.63) is 95.6 Å². The first-order valence-electron chi connectivity index (χ1n) is 14.3. The summed E-state index contributed by atoms with van der Waals surface area (Å²) in [6.45, 7) is 6.29. The minimum absolute atomic E-state index is 0.0460. The lowest BCUT2D eigenvalue weighted by atomic mass is 10.0. The van der Waals surface area contributed by atoms with E-state index in [0.29, 0.717) is 17.9 Å². The Hall–Kier alpha value is -3.85. The molecule has 0 spiro atoms. The van der Waals surface area contributed by atoms with E-state index in [1.165, 1.54) is 11.4 Å². The summed E-state index contributed by atoms with van der Waals surface area (Å²) >= 11 is 0. The summed E-state index contributed by atoms with van der Waals surface area (Å²) in [5.74, 6) is 0.00829. The van der Waals surface area contributed by atoms with Crippen LogP contribution in [-0.2, 0) is 32.6 Å². The van der Waals surface area contributed by atoms with Crippen LogP contribution in [0.2, 0.25) is 0 Å². The summed E-state index contributed by atoms with van der Waals surface area (Å²) in [4.78, 5) is 29.3. The summed E-state index contributed by atoms with van der Waals surface area (Å²) in [6.07, 6.45) is 2.59. The molecular formula is C33H43N3O5S. The number of nitrogens with zero attached hydrogens (tertiary/aromatic N) is 2. The maximum atomic E-state index is 14.0. The van der Waals surface area contributed by atoms with E-state index in [4.69, 9.17) is 4.74 Å². The van der Waals surface area contributed by atoms with Crippen molar-refractivity contribution in [3.63, 3.8) is 0 Å². The van der Waals surface area contributed by atoms with E-state index < -0.39 is 16.1 Å². The summed E-state index contributed by atoms with van der Waals surface area (Å²) in [7, 11) is -2.16. The van der Waals surface area contributed by atoms with Crippen molar-refractivity contribution in [2.75, 3.05) is 24.2 Å². The summed E-state index contributed by atoms with van der Waals surface area (Å²) in [5.41, 5.74) is 3.34. The molecule has 0 aliphatic heterocycles. The number of rotatable bonds is 15. The lowest BCUT2D eigenvalue weighted by molar-refractivity contribution is -0.141. The topological polar surface area (TPSA) is 96.0 Å². The zero-order valence-corrected chi connectivity index (χ0v) is 26.1. The third-order valence-corrected chi connectivity index (χ3v) is 8.56. The van der Waals surface area contributed by atoms with Gasteiger partial charge in [0.15, 0.2) is 0 Å². The van der Waals surface area contributed by atoms with Gasteiger partial charge in [0.1, 0.15) is 11.8 Å². The molecule has 0 aliphatic rings. The molecule has 0 fully saturated rings. The number of sulfonamides is 1. The Kier molecular flexibility index (Phi) is 12.0. The van der Waals surface area contributed by atoms with E-state index in [1.807, 2.05) is 75.4 Å². The fourth-order valence-electron chi connectivity index (χ4n) is 4.78. The molecule has 0 saturated carbocycles. The molecule has 9 heteroatoms. The molecule has 226 valence electrons. The van der Waals surface area contributed by atoms with Crippen LogP contribution in [0.1, 0.15) is 49.8 Å². The van der Waals surface area contributed by atoms with Crippen molar-refractivity contribution in [3.8, 4) is 5.75 Å². The number of aryl methyl sites for hydroxylation is 1. The van der Waals surface area contributed by atoms with Crippen LogP contribution in [0.3, 0.4) is 0 Å². The van der Waals surface area contributed by atoms with Gasteiger partial charge in [0, 0.05) is 32.0 Å². The summed E-state index contributed by atoms with van der Waals surface area (Å²) in [5, 5.41) is 3.08. The maximum Gasteiger partial charge on any atom is 0.243 e. The third-order valence-electron chi connectivity index (χ3n) is 7.38. The SMILES string of the molecule is CC[C@H](C)NC(=O)[C@@H](Cc1ccccc1)N(Cc1ccccc1C)C(=O)CCCN(c1ccccc1OC)S(C)(=O)=O. The standard InChI is InChI=1S/C33H43N3O5S/c1-6-26(3)34-33(38)30(23-27-16-8-7-9-17-27)35(24-28-18-11-10-15-25(28)2)32(37)21-14-22-36(42(5,39)40)29-19-12-13-20-31(29)41-4/h7-13,15-20,26,30H,6,14,21-24H2,1-5H3,(H,34,38)/t26-,30+/m0/s1. The molecule has 3 aromatic rings. The van der Waals surface area contributed by atoms with Crippen molar-refractivity contribution < 1.29 is 22.7 Å². The van der Waals surface area contributed by atoms with Crippen molar-refractivity contribution in [2.45, 2.75) is 65.1 Å². The molecule has 1 N–H and O–H groups in total. The Bertz CT molecular complexity index is 1430. The monoisotopic (exact) mass is 593 g/mol. The van der Waals surface area contributed by atoms with Gasteiger partial charge in [-0.2, -0.15) is 0 Å². The molecular weight excluding hydrogens is 550 g/mol. The van der Waals surface area contributed by atoms with Crippen LogP contribution in [0.25, 0.3) is 0 Å². The number of hydrogen-bond donors (Lipinski definition) is 1. The number of anilines is 1. The number of benzene rings is 3. The first kappa shape index (κ1) is 32.7. The molecule has 0 aliphatic carbocycles. The van der Waals surface area contributed by atoms with Crippen LogP contribution in [0.4, 0.5) is 5.69 Å². The van der Waals surface area contributed by atoms with E-state index in [-0.39, 0.29) is 43.8 Å². The molecule has 2 atom stereocenters. The van der Waals surface area contributed by atoms with Crippen molar-refractivity contribution in [2.24, 2.45) is 0 Å². The highest BCUT2D eigenvalue weighted by molar-refractivity contribution is 7.92. The minimum atomic E-state index is -3.65. The van der Waals surface area contributed by atoms with E-state index in [2.05, 4.69) is 5.32 Å². The fraction of sp³-hybridized carbons (Fsp3) is 0.394. The molecule has 42 heavy (non-hydrogen) atoms. The Morgan fingerprint density at radius 1 is 0.952 bits per heavy atom. The van der Waals surface area contributed by atoms with E-state index in [0.717, 1.165) is 29.4 Å². The Balaban J connectivity index is 1.91. The van der Waals surface area contributed by atoms with Gasteiger partial charge >= 0.3 is 0 Å². The molecule has 0 unspecified atom stereocenters. The van der Waals surface area contributed by atoms with Crippen molar-refractivity contribution >= 4 is 27.5 Å². The molecule has 3 aromatic carbocycles. The zero-order chi connectivity index (χ0) is 30.7. The van der Waals surface area contributed by atoms with Gasteiger partial charge in [0.25, 0.3) is 0 Å². The lowest BCUT2D eigenvalue weighted by Gasteiger charge is -2.33. The quantitative estimate of drug-likeness (QED) is 0.264. The number of carbonyl (C=O) groups excluding carboxylic acids is 2. The number of nitrogens with one attached hydrogen (secondary N) is 1. The van der Waals surface area contributed by atoms with Crippen LogP contribution < -0.4 is 14.4 Å². The highest BCUT2D eigenvalue weighted by Crippen LogP contribution is 2.30. The number of hydrogen-bond acceptors (Lipinski definition) is 5. The first-order valence-corrected chi connectivity index (χ1v) is 16.2. The van der Waals surface area contributed by atoms with Gasteiger partial charge < -0.3 is 15.0 Å². The Morgan fingerprint density at radius 2 is 1.60 bits per heavy atom. The molecule has 0 bridgehead atoms. The van der Waals surface area contributed by atoms with Crippen LogP contribution in [-0.4, -0.2) is 57.1 Å². The normalized spacial score (nSPS) is 12.7. The number of para-hydroxylation sites is 2. The average Bonchev–Trinajstić information content (AvgIpc) is 2.97. The number of amides is 2. The summed E-state index contributed by atoms with van der Waals surface area (Å²) < 4.78 is 32.1. The highest BCUT2D eigenvalue weighted by atomic mass is 32.2. The smallest absolute Gasteiger partial charge is 0.243 e. The van der Waals surface area contributed by atoms with Gasteiger partial charge in [-0.25, -0.2) is 8.42 Å². The average molecular weight is 594 g/mol. The number of carbonyl (C=O) groups is 2. The van der Waals surface area contributed by atoms with Gasteiger partial charge in [0.05, 0.1) is 19.1 Å². The lowest BCUT2D eigenvalue weighted by Crippen LogP contribution is -2.52. The van der Waals surface area contributed by atoms with Gasteiger partial charge in [-0.05, 0) is 55.5 Å². The predicted molar refractivity (Wildman–Crippen MR) is 168 cm³/mol. The third kappa shape index (κ3) is 9.08. The largest absolute Gasteiger partial charge is 0.495 e. The molecule has 0 aromatic heterocycles. The van der Waals surface area contributed by atoms with Crippen LogP contribution in [0.5, 0.6) is 5.75 Å². The van der Waals surface area contributed by atoms with E-state index in [9.17, 15) is 18.0 Å². The van der Waals surface area contributed by atoms with Gasteiger partial charge in [-0.1, -0.05) is 73.7 Å². The van der Waals surface area contributed by atoms with Gasteiger partial charge in [0.2, 0.25) is 21.8 Å². The molecule has 0 saturated heterocycles. The maximum absolute atomic E-state index is 14.0. The van der Waals surface area contributed by atoms with Gasteiger partial charge in [-0.15, -0.1) is 0 Å². The van der Waals surface area contributed by atoms with Crippen molar-refractivity contribution in [1.29, 1.82) is 0 Å². The Labute approximate surface area is 250 Å². The van der Waals surface area contributed by atoms with Crippen LogP contribution in [0, 0.1) is 6.92 Å². The zero-order valence-electron chi connectivity index (χ0n) is 25.2. The second-order valence-corrected chi connectivity index (χ2v) is 12.5. The second-order valence-electron chi connectivity index (χ2n) is 10.6. The number of ether oxygens (including phenoxy) is 1. The molecule has 0 radical (unpaired) electrons. The number of methoxy groups -OCH3 is 1. The van der Waals surface area contributed by atoms with Gasteiger partial charge in [-0.3, -0.25) is 13.9 Å². The highest BCUT2D eigenvalue weighted by Gasteiger charge is 2.31. The second kappa shape index (κ2) is 15.4. The first-order chi connectivity index (χ1) is 20.0. The molecule has 8 nitrogen and oxygen atoms in total. The van der Waals surface area contributed by atoms with E-state index in [1.54, 1.807) is 29.2 Å². The predicted octanol–water partition coefficient (Wildman–Crippen LogP) is 5.10. The fourth-order valence-corrected chi connectivity index (χ4v) is 5.75. The molecule has 3 rings (SSSR count). The minimum Gasteiger partial charge on any atom is -0.495 e. The Morgan fingerprint density at radius 3 is 2.24 bits per heavy atom. The molecule has 2 amide bonds. The van der Waals surface area contributed by atoms with Crippen molar-refractivity contribution in [1.82, 2.24) is 10.2 Å².